The second-order valence-electron chi connectivity index (χ2n) is 5.86. The van der Waals surface area contributed by atoms with Crippen molar-refractivity contribution in [1.82, 2.24) is 4.90 Å². The number of hydrogen-bond acceptors (Lipinski definition) is 3. The van der Waals surface area contributed by atoms with Crippen LogP contribution in [0.15, 0.2) is 36.4 Å². The quantitative estimate of drug-likeness (QED) is 0.679. The Bertz CT molecular complexity index is 835. The normalized spacial score (nSPS) is 10.5. The van der Waals surface area contributed by atoms with E-state index in [2.05, 4.69) is 0 Å². The van der Waals surface area contributed by atoms with Crippen LogP contribution in [0.3, 0.4) is 0 Å². The molecule has 2 aromatic rings. The molecule has 0 fully saturated rings. The van der Waals surface area contributed by atoms with Crippen molar-refractivity contribution in [3.63, 3.8) is 0 Å². The van der Waals surface area contributed by atoms with Crippen LogP contribution in [-0.4, -0.2) is 41.6 Å². The molecule has 27 heavy (non-hydrogen) atoms. The number of ether oxygens (including phenoxy) is 1. The fourth-order valence-corrected chi connectivity index (χ4v) is 3.13. The van der Waals surface area contributed by atoms with Gasteiger partial charge < -0.3 is 14.7 Å². The van der Waals surface area contributed by atoms with Gasteiger partial charge in [-0.1, -0.05) is 29.3 Å². The highest BCUT2D eigenvalue weighted by Crippen LogP contribution is 2.23. The van der Waals surface area contributed by atoms with Crippen LogP contribution in [0.25, 0.3) is 0 Å². The Morgan fingerprint density at radius 1 is 1.04 bits per heavy atom. The van der Waals surface area contributed by atoms with E-state index in [1.54, 1.807) is 23.1 Å². The van der Waals surface area contributed by atoms with Crippen LogP contribution < -0.4 is 4.74 Å². The summed E-state index contributed by atoms with van der Waals surface area (Å²) < 4.78 is 5.70. The SMILES string of the molecule is CCN(CC)C(=O)c1cc(OCCc2ccc(Cl)cc2Cl)cc(C(=O)O)c1. The van der Waals surface area contributed by atoms with Crippen molar-refractivity contribution >= 4 is 35.1 Å². The number of nitrogens with zero attached hydrogens (tertiary/aromatic N) is 1. The van der Waals surface area contributed by atoms with E-state index in [0.29, 0.717) is 35.3 Å². The zero-order valence-corrected chi connectivity index (χ0v) is 16.7. The number of benzene rings is 2. The molecule has 0 atom stereocenters. The highest BCUT2D eigenvalue weighted by Gasteiger charge is 2.17. The van der Waals surface area contributed by atoms with E-state index >= 15 is 0 Å². The van der Waals surface area contributed by atoms with Crippen LogP contribution in [0.5, 0.6) is 5.75 Å². The molecule has 0 saturated heterocycles. The molecule has 7 heteroatoms. The fraction of sp³-hybridized carbons (Fsp3) is 0.300. The van der Waals surface area contributed by atoms with Gasteiger partial charge in [-0.25, -0.2) is 4.79 Å². The largest absolute Gasteiger partial charge is 0.493 e. The molecule has 0 aliphatic carbocycles. The number of hydrogen-bond donors (Lipinski definition) is 1. The summed E-state index contributed by atoms with van der Waals surface area (Å²) in [6.07, 6.45) is 0.520. The highest BCUT2D eigenvalue weighted by molar-refractivity contribution is 6.35. The van der Waals surface area contributed by atoms with Gasteiger partial charge in [0.2, 0.25) is 0 Å². The summed E-state index contributed by atoms with van der Waals surface area (Å²) in [5.41, 5.74) is 1.17. The van der Waals surface area contributed by atoms with Gasteiger partial charge in [-0.2, -0.15) is 0 Å². The predicted molar refractivity (Wildman–Crippen MR) is 106 cm³/mol. The van der Waals surface area contributed by atoms with Crippen LogP contribution >= 0.6 is 23.2 Å². The van der Waals surface area contributed by atoms with Crippen molar-refractivity contribution in [2.75, 3.05) is 19.7 Å². The van der Waals surface area contributed by atoms with Crippen LogP contribution in [0.4, 0.5) is 0 Å². The van der Waals surface area contributed by atoms with Gasteiger partial charge >= 0.3 is 5.97 Å². The molecule has 0 saturated carbocycles. The Labute approximate surface area is 168 Å². The number of aromatic carboxylic acids is 1. The van der Waals surface area contributed by atoms with Crippen molar-refractivity contribution in [3.05, 3.63) is 63.1 Å². The van der Waals surface area contributed by atoms with Gasteiger partial charge in [-0.3, -0.25) is 4.79 Å². The Kier molecular flexibility index (Phi) is 7.51. The van der Waals surface area contributed by atoms with Gasteiger partial charge in [0.15, 0.2) is 0 Å². The molecule has 0 aliphatic heterocycles. The van der Waals surface area contributed by atoms with Crippen LogP contribution in [0.2, 0.25) is 10.0 Å². The van der Waals surface area contributed by atoms with Gasteiger partial charge in [0.05, 0.1) is 12.2 Å². The minimum atomic E-state index is -1.12. The van der Waals surface area contributed by atoms with E-state index in [9.17, 15) is 14.7 Å². The molecule has 0 spiro atoms. The monoisotopic (exact) mass is 409 g/mol. The van der Waals surface area contributed by atoms with Gasteiger partial charge in [0, 0.05) is 35.1 Å². The lowest BCUT2D eigenvalue weighted by molar-refractivity contribution is 0.0696. The summed E-state index contributed by atoms with van der Waals surface area (Å²) in [5, 5.41) is 10.4. The summed E-state index contributed by atoms with van der Waals surface area (Å²) in [6, 6.07) is 9.56. The number of halogens is 2. The third-order valence-corrected chi connectivity index (χ3v) is 4.69. The minimum absolute atomic E-state index is 0.00697. The van der Waals surface area contributed by atoms with E-state index in [0.717, 1.165) is 5.56 Å². The van der Waals surface area contributed by atoms with Gasteiger partial charge in [0.25, 0.3) is 5.91 Å². The zero-order valence-electron chi connectivity index (χ0n) is 15.2. The first-order chi connectivity index (χ1) is 12.8. The Hall–Kier alpha value is -2.24. The third kappa shape index (κ3) is 5.62. The molecular formula is C20H21Cl2NO4. The molecular weight excluding hydrogens is 389 g/mol. The van der Waals surface area contributed by atoms with Gasteiger partial charge in [-0.05, 0) is 49.7 Å². The standard InChI is InChI=1S/C20H21Cl2NO4/c1-3-23(4-2)19(24)14-9-15(20(25)26)11-17(10-14)27-8-7-13-5-6-16(21)12-18(13)22/h5-6,9-12H,3-4,7-8H2,1-2H3,(H,25,26). The topological polar surface area (TPSA) is 66.8 Å². The number of amides is 1. The molecule has 0 aliphatic rings. The maximum atomic E-state index is 12.6. The maximum absolute atomic E-state index is 12.6. The van der Waals surface area contributed by atoms with E-state index in [1.807, 2.05) is 19.9 Å². The number of carboxylic acids is 1. The van der Waals surface area contributed by atoms with E-state index in [4.69, 9.17) is 27.9 Å². The summed E-state index contributed by atoms with van der Waals surface area (Å²) in [7, 11) is 0. The van der Waals surface area contributed by atoms with Crippen molar-refractivity contribution in [2.24, 2.45) is 0 Å². The lowest BCUT2D eigenvalue weighted by Gasteiger charge is -2.19. The number of carbonyl (C=O) groups is 2. The van der Waals surface area contributed by atoms with Crippen molar-refractivity contribution in [1.29, 1.82) is 0 Å². The maximum Gasteiger partial charge on any atom is 0.335 e. The summed E-state index contributed by atoms with van der Waals surface area (Å²) in [5.74, 6) is -1.01. The highest BCUT2D eigenvalue weighted by atomic mass is 35.5. The molecule has 0 heterocycles. The summed E-state index contributed by atoms with van der Waals surface area (Å²) >= 11 is 12.0. The number of carboxylic acid groups (broad SMARTS) is 1. The zero-order chi connectivity index (χ0) is 20.0. The Morgan fingerprint density at radius 2 is 1.70 bits per heavy atom. The number of rotatable bonds is 8. The molecule has 2 aromatic carbocycles. The first-order valence-corrected chi connectivity index (χ1v) is 9.35. The molecule has 2 rings (SSSR count). The van der Waals surface area contributed by atoms with E-state index in [1.165, 1.54) is 12.1 Å². The molecule has 5 nitrogen and oxygen atoms in total. The lowest BCUT2D eigenvalue weighted by atomic mass is 10.1. The molecule has 0 aromatic heterocycles. The molecule has 1 amide bonds. The second-order valence-corrected chi connectivity index (χ2v) is 6.71. The van der Waals surface area contributed by atoms with Gasteiger partial charge in [-0.15, -0.1) is 0 Å². The van der Waals surface area contributed by atoms with Crippen molar-refractivity contribution < 1.29 is 19.4 Å². The second kappa shape index (κ2) is 9.62. The van der Waals surface area contributed by atoms with E-state index in [-0.39, 0.29) is 23.6 Å². The first-order valence-electron chi connectivity index (χ1n) is 8.60. The minimum Gasteiger partial charge on any atom is -0.493 e. The molecule has 0 radical (unpaired) electrons. The average Bonchev–Trinajstić information content (AvgIpc) is 2.64. The lowest BCUT2D eigenvalue weighted by Crippen LogP contribution is -2.30. The third-order valence-electron chi connectivity index (χ3n) is 4.11. The van der Waals surface area contributed by atoms with Crippen LogP contribution in [0, 0.1) is 0 Å². The number of carbonyl (C=O) groups excluding carboxylic acids is 1. The Balaban J connectivity index is 2.17. The van der Waals surface area contributed by atoms with Gasteiger partial charge in [0.1, 0.15) is 5.75 Å². The molecule has 0 unspecified atom stereocenters. The smallest absolute Gasteiger partial charge is 0.335 e. The molecule has 0 bridgehead atoms. The molecule has 144 valence electrons. The average molecular weight is 410 g/mol. The predicted octanol–water partition coefficient (Wildman–Crippen LogP) is 4.80. The van der Waals surface area contributed by atoms with E-state index < -0.39 is 5.97 Å². The van der Waals surface area contributed by atoms with Crippen LogP contribution in [-0.2, 0) is 6.42 Å². The fourth-order valence-electron chi connectivity index (χ4n) is 2.63. The van der Waals surface area contributed by atoms with Crippen LogP contribution in [0.1, 0.15) is 40.1 Å². The van der Waals surface area contributed by atoms with Crippen molar-refractivity contribution in [3.8, 4) is 5.75 Å². The summed E-state index contributed by atoms with van der Waals surface area (Å²) in [4.78, 5) is 25.6. The van der Waals surface area contributed by atoms with Crippen molar-refractivity contribution in [2.45, 2.75) is 20.3 Å². The first kappa shape index (κ1) is 21.1. The Morgan fingerprint density at radius 3 is 2.30 bits per heavy atom. The summed E-state index contributed by atoms with van der Waals surface area (Å²) in [6.45, 7) is 5.10. The molecule has 1 N–H and O–H groups in total.